The highest BCUT2D eigenvalue weighted by Gasteiger charge is 2.30. The summed E-state index contributed by atoms with van der Waals surface area (Å²) in [4.78, 5) is 25.0. The molecular formula is C13H24N2O3S. The second-order valence-corrected chi connectivity index (χ2v) is 6.30. The molecule has 1 rings (SSSR count). The molecule has 1 aliphatic rings. The van der Waals surface area contributed by atoms with E-state index in [1.165, 1.54) is 12.8 Å². The number of carboxylic acids is 1. The van der Waals surface area contributed by atoms with Gasteiger partial charge < -0.3 is 15.3 Å². The summed E-state index contributed by atoms with van der Waals surface area (Å²) in [7, 11) is 0. The number of carboxylic acid groups (broad SMARTS) is 1. The number of thioether (sulfide) groups is 1. The summed E-state index contributed by atoms with van der Waals surface area (Å²) >= 11 is 1.58. The van der Waals surface area contributed by atoms with E-state index in [2.05, 4.69) is 5.32 Å². The van der Waals surface area contributed by atoms with Gasteiger partial charge in [0.05, 0.1) is 0 Å². The molecule has 0 heterocycles. The topological polar surface area (TPSA) is 69.6 Å². The van der Waals surface area contributed by atoms with Crippen LogP contribution in [0.5, 0.6) is 0 Å². The molecule has 2 N–H and O–H groups in total. The van der Waals surface area contributed by atoms with E-state index in [1.54, 1.807) is 16.7 Å². The lowest BCUT2D eigenvalue weighted by Crippen LogP contribution is -2.50. The van der Waals surface area contributed by atoms with Crippen LogP contribution in [0.4, 0.5) is 4.79 Å². The lowest BCUT2D eigenvalue weighted by molar-refractivity contribution is -0.139. The van der Waals surface area contributed by atoms with E-state index in [4.69, 9.17) is 5.11 Å². The van der Waals surface area contributed by atoms with E-state index in [0.29, 0.717) is 12.3 Å². The van der Waals surface area contributed by atoms with Crippen LogP contribution in [0.25, 0.3) is 0 Å². The van der Waals surface area contributed by atoms with Gasteiger partial charge in [-0.1, -0.05) is 0 Å². The Bertz CT molecular complexity index is 319. The number of nitrogens with zero attached hydrogens (tertiary/aromatic N) is 1. The molecule has 0 aromatic heterocycles. The molecule has 1 fully saturated rings. The van der Waals surface area contributed by atoms with Crippen molar-refractivity contribution in [3.63, 3.8) is 0 Å². The first-order valence-corrected chi connectivity index (χ1v) is 8.14. The fourth-order valence-electron chi connectivity index (χ4n) is 1.83. The minimum atomic E-state index is -0.961. The number of carbonyl (C=O) groups is 2. The van der Waals surface area contributed by atoms with E-state index >= 15 is 0 Å². The van der Waals surface area contributed by atoms with E-state index in [0.717, 1.165) is 12.3 Å². The summed E-state index contributed by atoms with van der Waals surface area (Å²) in [6, 6.07) is -0.952. The summed E-state index contributed by atoms with van der Waals surface area (Å²) in [5.74, 6) is 0.363. The van der Waals surface area contributed by atoms with Crippen molar-refractivity contribution in [2.45, 2.75) is 45.2 Å². The maximum atomic E-state index is 12.2. The molecule has 5 nitrogen and oxygen atoms in total. The molecule has 110 valence electrons. The number of amides is 2. The zero-order valence-corrected chi connectivity index (χ0v) is 12.7. The van der Waals surface area contributed by atoms with Crippen LogP contribution in [0, 0.1) is 5.92 Å². The van der Waals surface area contributed by atoms with Crippen molar-refractivity contribution in [1.29, 1.82) is 0 Å². The van der Waals surface area contributed by atoms with Crippen molar-refractivity contribution in [2.75, 3.05) is 18.6 Å². The normalized spacial score (nSPS) is 16.2. The molecule has 1 saturated carbocycles. The molecule has 6 heteroatoms. The second kappa shape index (κ2) is 7.62. The van der Waals surface area contributed by atoms with Gasteiger partial charge in [-0.15, -0.1) is 0 Å². The molecule has 19 heavy (non-hydrogen) atoms. The van der Waals surface area contributed by atoms with Crippen LogP contribution in [0.2, 0.25) is 0 Å². The molecule has 0 aliphatic heterocycles. The van der Waals surface area contributed by atoms with E-state index in [1.807, 2.05) is 20.1 Å². The molecular weight excluding hydrogens is 264 g/mol. The quantitative estimate of drug-likeness (QED) is 0.717. The molecule has 2 amide bonds. The Hall–Kier alpha value is -0.910. The van der Waals surface area contributed by atoms with E-state index < -0.39 is 12.0 Å². The standard InChI is InChI=1S/C13H24N2O3S/c1-9(2)15(8-10-4-5-10)13(18)14-11(12(16)17)6-7-19-3/h9-11H,4-8H2,1-3H3,(H,14,18)(H,16,17)/t11-/m1/s1. The van der Waals surface area contributed by atoms with Gasteiger partial charge in [0.2, 0.25) is 0 Å². The van der Waals surface area contributed by atoms with E-state index in [-0.39, 0.29) is 12.1 Å². The number of urea groups is 1. The molecule has 0 saturated heterocycles. The third kappa shape index (κ3) is 5.72. The van der Waals surface area contributed by atoms with Gasteiger partial charge in [0.15, 0.2) is 0 Å². The largest absolute Gasteiger partial charge is 0.480 e. The van der Waals surface area contributed by atoms with Gasteiger partial charge in [0.25, 0.3) is 0 Å². The molecule has 0 aromatic rings. The van der Waals surface area contributed by atoms with Crippen LogP contribution in [-0.4, -0.2) is 52.6 Å². The molecule has 0 bridgehead atoms. The number of hydrogen-bond acceptors (Lipinski definition) is 3. The first kappa shape index (κ1) is 16.1. The smallest absolute Gasteiger partial charge is 0.326 e. The van der Waals surface area contributed by atoms with Gasteiger partial charge in [-0.05, 0) is 51.0 Å². The lowest BCUT2D eigenvalue weighted by atomic mass is 10.2. The molecule has 0 spiro atoms. The highest BCUT2D eigenvalue weighted by Crippen LogP contribution is 2.30. The average molecular weight is 288 g/mol. The van der Waals surface area contributed by atoms with Gasteiger partial charge >= 0.3 is 12.0 Å². The molecule has 0 aromatic carbocycles. The Balaban J connectivity index is 2.53. The summed E-state index contributed by atoms with van der Waals surface area (Å²) in [5.41, 5.74) is 0. The first-order chi connectivity index (χ1) is 8.95. The van der Waals surface area contributed by atoms with Gasteiger partial charge in [-0.25, -0.2) is 9.59 Å². The summed E-state index contributed by atoms with van der Waals surface area (Å²) in [6.45, 7) is 4.65. The summed E-state index contributed by atoms with van der Waals surface area (Å²) < 4.78 is 0. The predicted molar refractivity (Wildman–Crippen MR) is 77.5 cm³/mol. The number of nitrogens with one attached hydrogen (secondary N) is 1. The lowest BCUT2D eigenvalue weighted by Gasteiger charge is -2.28. The van der Waals surface area contributed by atoms with Crippen LogP contribution >= 0.6 is 11.8 Å². The minimum Gasteiger partial charge on any atom is -0.480 e. The molecule has 1 atom stereocenters. The third-order valence-corrected chi connectivity index (χ3v) is 3.89. The summed E-state index contributed by atoms with van der Waals surface area (Å²) in [6.07, 6.45) is 4.72. The maximum absolute atomic E-state index is 12.2. The highest BCUT2D eigenvalue weighted by atomic mass is 32.2. The van der Waals surface area contributed by atoms with Crippen molar-refractivity contribution in [2.24, 2.45) is 5.92 Å². The average Bonchev–Trinajstić information content (AvgIpc) is 3.14. The number of aliphatic carboxylic acids is 1. The van der Waals surface area contributed by atoms with Gasteiger partial charge in [-0.2, -0.15) is 11.8 Å². The maximum Gasteiger partial charge on any atom is 0.326 e. The third-order valence-electron chi connectivity index (χ3n) is 3.24. The SMILES string of the molecule is CSCC[C@@H](NC(=O)N(CC1CC1)C(C)C)C(=O)O. The number of carbonyl (C=O) groups excluding carboxylic acids is 1. The summed E-state index contributed by atoms with van der Waals surface area (Å²) in [5, 5.41) is 11.8. The van der Waals surface area contributed by atoms with E-state index in [9.17, 15) is 9.59 Å². The van der Waals surface area contributed by atoms with Gasteiger partial charge in [-0.3, -0.25) is 0 Å². The highest BCUT2D eigenvalue weighted by molar-refractivity contribution is 7.98. The fraction of sp³-hybridized carbons (Fsp3) is 0.846. The van der Waals surface area contributed by atoms with Crippen LogP contribution < -0.4 is 5.32 Å². The monoisotopic (exact) mass is 288 g/mol. The Morgan fingerprint density at radius 1 is 1.42 bits per heavy atom. The van der Waals surface area contributed by atoms with Crippen molar-refractivity contribution >= 4 is 23.8 Å². The Labute approximate surface area is 119 Å². The van der Waals surface area contributed by atoms with Crippen LogP contribution in [0.1, 0.15) is 33.1 Å². The number of hydrogen-bond donors (Lipinski definition) is 2. The Morgan fingerprint density at radius 3 is 2.47 bits per heavy atom. The molecule has 1 aliphatic carbocycles. The Kier molecular flexibility index (Phi) is 6.48. The zero-order chi connectivity index (χ0) is 14.4. The van der Waals surface area contributed by atoms with Crippen molar-refractivity contribution in [3.05, 3.63) is 0 Å². The molecule has 0 radical (unpaired) electrons. The number of rotatable bonds is 8. The van der Waals surface area contributed by atoms with Gasteiger partial charge in [0.1, 0.15) is 6.04 Å². The van der Waals surface area contributed by atoms with Crippen LogP contribution in [-0.2, 0) is 4.79 Å². The van der Waals surface area contributed by atoms with Crippen molar-refractivity contribution < 1.29 is 14.7 Å². The van der Waals surface area contributed by atoms with Crippen molar-refractivity contribution in [1.82, 2.24) is 10.2 Å². The first-order valence-electron chi connectivity index (χ1n) is 6.74. The fourth-order valence-corrected chi connectivity index (χ4v) is 2.30. The second-order valence-electron chi connectivity index (χ2n) is 5.31. The molecule has 0 unspecified atom stereocenters. The zero-order valence-electron chi connectivity index (χ0n) is 11.9. The van der Waals surface area contributed by atoms with Crippen molar-refractivity contribution in [3.8, 4) is 0 Å². The van der Waals surface area contributed by atoms with Gasteiger partial charge in [0, 0.05) is 12.6 Å². The Morgan fingerprint density at radius 2 is 2.05 bits per heavy atom. The predicted octanol–water partition coefficient (Wildman–Crippen LogP) is 2.02. The van der Waals surface area contributed by atoms with Crippen LogP contribution in [0.3, 0.4) is 0 Å². The minimum absolute atomic E-state index is 0.0931. The van der Waals surface area contributed by atoms with Crippen LogP contribution in [0.15, 0.2) is 0 Å².